The van der Waals surface area contributed by atoms with Crippen LogP contribution in [0.4, 0.5) is 5.82 Å². The van der Waals surface area contributed by atoms with E-state index in [1.807, 2.05) is 4.90 Å². The molecule has 3 N–H and O–H groups in total. The highest BCUT2D eigenvalue weighted by molar-refractivity contribution is 5.98. The van der Waals surface area contributed by atoms with Crippen molar-refractivity contribution < 1.29 is 4.79 Å². The van der Waals surface area contributed by atoms with Crippen molar-refractivity contribution in [3.8, 4) is 0 Å². The topological polar surface area (TPSA) is 75.0 Å². The highest BCUT2D eigenvalue weighted by Gasteiger charge is 2.19. The number of carbonyl (C=O) groups excluding carboxylic acids is 1. The number of aromatic amines is 1. The van der Waals surface area contributed by atoms with Crippen molar-refractivity contribution in [1.29, 1.82) is 0 Å². The van der Waals surface area contributed by atoms with Crippen molar-refractivity contribution in [3.63, 3.8) is 0 Å². The number of nitrogens with zero attached hydrogens (tertiary/aromatic N) is 2. The molecule has 0 spiro atoms. The van der Waals surface area contributed by atoms with Gasteiger partial charge in [-0.15, -0.1) is 0 Å². The molecule has 0 aliphatic carbocycles. The number of rotatable bonds is 1. The summed E-state index contributed by atoms with van der Waals surface area (Å²) in [6.45, 7) is 1.67. The van der Waals surface area contributed by atoms with Crippen LogP contribution in [0.1, 0.15) is 42.5 Å². The average molecular weight is 222 g/mol. The van der Waals surface area contributed by atoms with Gasteiger partial charge in [0.25, 0.3) is 5.91 Å². The fraction of sp³-hybridized carbons (Fsp3) is 0.636. The molecule has 0 bridgehead atoms. The van der Waals surface area contributed by atoms with E-state index >= 15 is 0 Å². The first-order valence-corrected chi connectivity index (χ1v) is 5.87. The molecule has 0 saturated carbocycles. The van der Waals surface area contributed by atoms with Crippen molar-refractivity contribution >= 4 is 11.7 Å². The summed E-state index contributed by atoms with van der Waals surface area (Å²) >= 11 is 0. The number of nitrogens with one attached hydrogen (secondary N) is 1. The summed E-state index contributed by atoms with van der Waals surface area (Å²) < 4.78 is 0. The van der Waals surface area contributed by atoms with E-state index in [0.717, 1.165) is 25.9 Å². The summed E-state index contributed by atoms with van der Waals surface area (Å²) in [6, 6.07) is 0. The normalized spacial score (nSPS) is 17.9. The molecule has 0 aromatic carbocycles. The number of anilines is 1. The highest BCUT2D eigenvalue weighted by atomic mass is 16.2. The minimum absolute atomic E-state index is 0.00755. The third-order valence-electron chi connectivity index (χ3n) is 3.04. The quantitative estimate of drug-likeness (QED) is 0.754. The molecule has 16 heavy (non-hydrogen) atoms. The Bertz CT molecular complexity index is 353. The Kier molecular flexibility index (Phi) is 3.44. The third kappa shape index (κ3) is 2.35. The van der Waals surface area contributed by atoms with Crippen LogP contribution in [0, 0.1) is 0 Å². The monoisotopic (exact) mass is 222 g/mol. The summed E-state index contributed by atoms with van der Waals surface area (Å²) in [5, 5.41) is 6.38. The van der Waals surface area contributed by atoms with Gasteiger partial charge in [-0.3, -0.25) is 9.89 Å². The van der Waals surface area contributed by atoms with E-state index in [-0.39, 0.29) is 5.91 Å². The van der Waals surface area contributed by atoms with Gasteiger partial charge in [-0.1, -0.05) is 19.3 Å². The number of nitrogens with two attached hydrogens (primary N) is 1. The molecule has 1 aromatic rings. The Morgan fingerprint density at radius 2 is 1.88 bits per heavy atom. The Balaban J connectivity index is 2.05. The van der Waals surface area contributed by atoms with E-state index in [4.69, 9.17) is 5.73 Å². The van der Waals surface area contributed by atoms with Gasteiger partial charge in [-0.25, -0.2) is 0 Å². The second kappa shape index (κ2) is 5.01. The zero-order valence-corrected chi connectivity index (χ0v) is 9.41. The lowest BCUT2D eigenvalue weighted by Crippen LogP contribution is -2.34. The second-order valence-electron chi connectivity index (χ2n) is 4.26. The van der Waals surface area contributed by atoms with Gasteiger partial charge >= 0.3 is 0 Å². The number of amides is 1. The highest BCUT2D eigenvalue weighted by Crippen LogP contribution is 2.15. The molecule has 2 rings (SSSR count). The van der Waals surface area contributed by atoms with E-state index in [0.29, 0.717) is 11.4 Å². The fourth-order valence-electron chi connectivity index (χ4n) is 2.09. The minimum Gasteiger partial charge on any atom is -0.383 e. The SMILES string of the molecule is Nc1[nH]ncc1C(=O)N1CCCCCCC1. The van der Waals surface area contributed by atoms with Crippen LogP contribution in [0.3, 0.4) is 0 Å². The largest absolute Gasteiger partial charge is 0.383 e. The van der Waals surface area contributed by atoms with Crippen LogP contribution < -0.4 is 5.73 Å². The van der Waals surface area contributed by atoms with Gasteiger partial charge in [-0.2, -0.15) is 5.10 Å². The predicted molar refractivity (Wildman–Crippen MR) is 62.0 cm³/mol. The molecule has 5 nitrogen and oxygen atoms in total. The Morgan fingerprint density at radius 3 is 2.44 bits per heavy atom. The van der Waals surface area contributed by atoms with E-state index < -0.39 is 0 Å². The van der Waals surface area contributed by atoms with Crippen LogP contribution in [-0.4, -0.2) is 34.1 Å². The van der Waals surface area contributed by atoms with Gasteiger partial charge in [-0.05, 0) is 12.8 Å². The molecule has 1 saturated heterocycles. The van der Waals surface area contributed by atoms with Gasteiger partial charge in [0, 0.05) is 13.1 Å². The first-order valence-electron chi connectivity index (χ1n) is 5.87. The Hall–Kier alpha value is -1.52. The Labute approximate surface area is 95.0 Å². The van der Waals surface area contributed by atoms with E-state index in [9.17, 15) is 4.79 Å². The van der Waals surface area contributed by atoms with Crippen molar-refractivity contribution in [3.05, 3.63) is 11.8 Å². The number of hydrogen-bond acceptors (Lipinski definition) is 3. The molecule has 1 amide bonds. The maximum Gasteiger partial charge on any atom is 0.259 e. The van der Waals surface area contributed by atoms with E-state index in [2.05, 4.69) is 10.2 Å². The number of hydrogen-bond donors (Lipinski definition) is 2. The number of nitrogen functional groups attached to an aromatic ring is 1. The molecule has 2 heterocycles. The summed E-state index contributed by atoms with van der Waals surface area (Å²) in [7, 11) is 0. The van der Waals surface area contributed by atoms with Crippen LogP contribution in [-0.2, 0) is 0 Å². The summed E-state index contributed by atoms with van der Waals surface area (Å²) in [5.41, 5.74) is 6.15. The standard InChI is InChI=1S/C11H18N4O/c12-10-9(8-13-14-10)11(16)15-6-4-2-1-3-5-7-15/h8H,1-7H2,(H3,12,13,14). The first-order chi connectivity index (χ1) is 7.79. The number of likely N-dealkylation sites (tertiary alicyclic amines) is 1. The van der Waals surface area contributed by atoms with Crippen molar-refractivity contribution in [2.75, 3.05) is 18.8 Å². The third-order valence-corrected chi connectivity index (χ3v) is 3.04. The molecule has 0 unspecified atom stereocenters. The first kappa shape index (κ1) is 11.0. The van der Waals surface area contributed by atoms with Gasteiger partial charge in [0.15, 0.2) is 0 Å². The number of aromatic nitrogens is 2. The lowest BCUT2D eigenvalue weighted by molar-refractivity contribution is 0.0743. The van der Waals surface area contributed by atoms with Crippen LogP contribution in [0.25, 0.3) is 0 Å². The Morgan fingerprint density at radius 1 is 1.25 bits per heavy atom. The molecule has 0 atom stereocenters. The molecular formula is C11H18N4O. The van der Waals surface area contributed by atoms with Crippen LogP contribution in [0.5, 0.6) is 0 Å². The fourth-order valence-corrected chi connectivity index (χ4v) is 2.09. The zero-order chi connectivity index (χ0) is 11.4. The molecule has 5 heteroatoms. The van der Waals surface area contributed by atoms with Gasteiger partial charge in [0.2, 0.25) is 0 Å². The minimum atomic E-state index is 0.00755. The maximum absolute atomic E-state index is 12.1. The molecule has 1 aliphatic heterocycles. The molecule has 1 aromatic heterocycles. The van der Waals surface area contributed by atoms with E-state index in [1.165, 1.54) is 25.5 Å². The molecule has 1 fully saturated rings. The van der Waals surface area contributed by atoms with Gasteiger partial charge in [0.05, 0.1) is 6.20 Å². The second-order valence-corrected chi connectivity index (χ2v) is 4.26. The van der Waals surface area contributed by atoms with Crippen molar-refractivity contribution in [2.24, 2.45) is 0 Å². The zero-order valence-electron chi connectivity index (χ0n) is 9.41. The summed E-state index contributed by atoms with van der Waals surface area (Å²) in [4.78, 5) is 14.0. The van der Waals surface area contributed by atoms with Crippen molar-refractivity contribution in [2.45, 2.75) is 32.1 Å². The van der Waals surface area contributed by atoms with E-state index in [1.54, 1.807) is 0 Å². The average Bonchev–Trinajstić information content (AvgIpc) is 2.63. The molecule has 0 radical (unpaired) electrons. The lowest BCUT2D eigenvalue weighted by atomic mass is 10.1. The van der Waals surface area contributed by atoms with Crippen molar-refractivity contribution in [1.82, 2.24) is 15.1 Å². The van der Waals surface area contributed by atoms with Gasteiger partial charge in [0.1, 0.15) is 11.4 Å². The molecule has 88 valence electrons. The van der Waals surface area contributed by atoms with Crippen LogP contribution in [0.15, 0.2) is 6.20 Å². The maximum atomic E-state index is 12.1. The number of carbonyl (C=O) groups is 1. The smallest absolute Gasteiger partial charge is 0.259 e. The van der Waals surface area contributed by atoms with Gasteiger partial charge < -0.3 is 10.6 Å². The summed E-state index contributed by atoms with van der Waals surface area (Å²) in [6.07, 6.45) is 7.40. The molecule has 1 aliphatic rings. The summed E-state index contributed by atoms with van der Waals surface area (Å²) in [5.74, 6) is 0.375. The number of H-pyrrole nitrogens is 1. The van der Waals surface area contributed by atoms with Crippen LogP contribution in [0.2, 0.25) is 0 Å². The predicted octanol–water partition coefficient (Wildman–Crippen LogP) is 1.40. The van der Waals surface area contributed by atoms with Crippen LogP contribution >= 0.6 is 0 Å². The molecular weight excluding hydrogens is 204 g/mol. The lowest BCUT2D eigenvalue weighted by Gasteiger charge is -2.24.